The third-order valence-electron chi connectivity index (χ3n) is 4.21. The first kappa shape index (κ1) is 19.3. The van der Waals surface area contributed by atoms with Crippen molar-refractivity contribution in [2.24, 2.45) is 10.3 Å². The fraction of sp³-hybridized carbons (Fsp3) is 0.444. The molecule has 0 aliphatic carbocycles. The van der Waals surface area contributed by atoms with E-state index in [1.165, 1.54) is 9.88 Å². The first-order valence-electron chi connectivity index (χ1n) is 8.20. The molecule has 0 radical (unpaired) electrons. The summed E-state index contributed by atoms with van der Waals surface area (Å²) in [7, 11) is -3.85. The van der Waals surface area contributed by atoms with Crippen LogP contribution in [0.3, 0.4) is 0 Å². The summed E-state index contributed by atoms with van der Waals surface area (Å²) in [4.78, 5) is 0. The molecule has 0 bridgehead atoms. The molecule has 0 saturated carbocycles. The summed E-state index contributed by atoms with van der Waals surface area (Å²) in [5, 5.41) is 0. The Kier molecular flexibility index (Phi) is 7.19. The quantitative estimate of drug-likeness (QED) is 0.431. The van der Waals surface area contributed by atoms with Crippen LogP contribution in [0.15, 0.2) is 56.9 Å². The molecule has 0 N–H and O–H groups in total. The van der Waals surface area contributed by atoms with Gasteiger partial charge in [-0.2, -0.15) is 12.9 Å². The first-order chi connectivity index (χ1) is 11.4. The van der Waals surface area contributed by atoms with Gasteiger partial charge < -0.3 is 0 Å². The number of hydrogen-bond acceptors (Lipinski definition) is 2. The van der Waals surface area contributed by atoms with E-state index in [-0.39, 0.29) is 0 Å². The number of allylic oxidation sites excluding steroid dienone is 4. The van der Waals surface area contributed by atoms with E-state index < -0.39 is 10.3 Å². The van der Waals surface area contributed by atoms with Crippen molar-refractivity contribution in [1.82, 2.24) is 4.31 Å². The summed E-state index contributed by atoms with van der Waals surface area (Å²) in [6.07, 6.45) is 8.94. The van der Waals surface area contributed by atoms with Gasteiger partial charge in [0.1, 0.15) is 0 Å². The van der Waals surface area contributed by atoms with Gasteiger partial charge in [-0.05, 0) is 63.3 Å². The van der Waals surface area contributed by atoms with Crippen molar-refractivity contribution in [3.05, 3.63) is 52.5 Å². The van der Waals surface area contributed by atoms with Crippen LogP contribution in [0, 0.1) is 5.92 Å². The lowest BCUT2D eigenvalue weighted by Crippen LogP contribution is -2.36. The molecule has 1 heterocycles. The van der Waals surface area contributed by atoms with E-state index in [1.54, 1.807) is 24.3 Å². The maximum atomic E-state index is 14.6. The monoisotopic (exact) mass is 414 g/mol. The number of nitrogens with zero attached hydrogens (tertiary/aromatic N) is 2. The summed E-state index contributed by atoms with van der Waals surface area (Å²) in [5.41, 5.74) is 1.70. The molecule has 0 aromatic heterocycles. The van der Waals surface area contributed by atoms with Gasteiger partial charge in [0, 0.05) is 17.6 Å². The Balaban J connectivity index is 2.00. The van der Waals surface area contributed by atoms with E-state index in [9.17, 15) is 8.09 Å². The van der Waals surface area contributed by atoms with E-state index in [2.05, 4.69) is 32.4 Å². The van der Waals surface area contributed by atoms with Crippen molar-refractivity contribution in [3.8, 4) is 0 Å². The number of halogens is 2. The third-order valence-corrected chi connectivity index (χ3v) is 6.18. The van der Waals surface area contributed by atoms with Crippen molar-refractivity contribution in [2.45, 2.75) is 33.1 Å². The molecule has 2 rings (SSSR count). The van der Waals surface area contributed by atoms with E-state index in [1.807, 2.05) is 19.9 Å². The molecule has 132 valence electrons. The van der Waals surface area contributed by atoms with Gasteiger partial charge in [0.2, 0.25) is 0 Å². The molecular formula is C18H24BrFN2OS. The van der Waals surface area contributed by atoms with E-state index >= 15 is 0 Å². The van der Waals surface area contributed by atoms with Crippen molar-refractivity contribution in [1.29, 1.82) is 0 Å². The van der Waals surface area contributed by atoms with Gasteiger partial charge >= 0.3 is 0 Å². The predicted octanol–water partition coefficient (Wildman–Crippen LogP) is 5.97. The highest BCUT2D eigenvalue weighted by molar-refractivity contribution is 9.10. The van der Waals surface area contributed by atoms with Crippen LogP contribution in [0.4, 0.5) is 9.57 Å². The number of rotatable bonds is 5. The standard InChI is InChI=1S/C18H24BrFN2OS/c1-3-5-15(4-2)14-16-10-12-22(13-11-16)24(20,23)21-18-8-6-17(19)7-9-18/h3-9,16H,10-14H2,1-2H3/b5-3-,15-4+. The second kappa shape index (κ2) is 8.92. The van der Waals surface area contributed by atoms with E-state index in [0.717, 1.165) is 23.7 Å². The van der Waals surface area contributed by atoms with Crippen molar-refractivity contribution >= 4 is 31.9 Å². The van der Waals surface area contributed by atoms with Gasteiger partial charge in [0.25, 0.3) is 10.3 Å². The second-order valence-corrected chi connectivity index (χ2v) is 8.42. The minimum absolute atomic E-state index is 0.400. The Morgan fingerprint density at radius 2 is 1.96 bits per heavy atom. The van der Waals surface area contributed by atoms with Crippen LogP contribution in [0.2, 0.25) is 0 Å². The maximum absolute atomic E-state index is 14.6. The molecule has 1 aliphatic rings. The Morgan fingerprint density at radius 3 is 2.50 bits per heavy atom. The zero-order chi connectivity index (χ0) is 17.6. The Hall–Kier alpha value is -0.980. The molecule has 1 unspecified atom stereocenters. The topological polar surface area (TPSA) is 32.7 Å². The molecule has 0 amide bonds. The largest absolute Gasteiger partial charge is 0.275 e. The van der Waals surface area contributed by atoms with Gasteiger partial charge in [0.15, 0.2) is 0 Å². The summed E-state index contributed by atoms with van der Waals surface area (Å²) in [6.45, 7) is 5.00. The molecule has 1 aromatic rings. The molecule has 1 aromatic carbocycles. The Labute approximate surface area is 153 Å². The van der Waals surface area contributed by atoms with Gasteiger partial charge in [-0.1, -0.05) is 39.7 Å². The zero-order valence-electron chi connectivity index (χ0n) is 14.1. The summed E-state index contributed by atoms with van der Waals surface area (Å²) >= 11 is 3.32. The average molecular weight is 415 g/mol. The SMILES string of the molecule is C/C=C\C(=C/C)CC1CCN(S(=O)(F)=Nc2ccc(Br)cc2)CC1. The first-order valence-corrected chi connectivity index (χ1v) is 10.4. The molecule has 1 fully saturated rings. The van der Waals surface area contributed by atoms with Crippen LogP contribution in [0.5, 0.6) is 0 Å². The lowest BCUT2D eigenvalue weighted by atomic mass is 9.90. The molecule has 1 aliphatic heterocycles. The molecule has 1 saturated heterocycles. The van der Waals surface area contributed by atoms with Gasteiger partial charge in [-0.3, -0.25) is 0 Å². The van der Waals surface area contributed by atoms with E-state index in [4.69, 9.17) is 0 Å². The smallest absolute Gasteiger partial charge is 0.199 e. The van der Waals surface area contributed by atoms with Gasteiger partial charge in [-0.15, -0.1) is 3.89 Å². The van der Waals surface area contributed by atoms with Crippen LogP contribution in [0.1, 0.15) is 33.1 Å². The van der Waals surface area contributed by atoms with Crippen molar-refractivity contribution < 1.29 is 8.09 Å². The van der Waals surface area contributed by atoms with E-state index in [0.29, 0.717) is 24.7 Å². The predicted molar refractivity (Wildman–Crippen MR) is 103 cm³/mol. The number of piperidine rings is 1. The summed E-state index contributed by atoms with van der Waals surface area (Å²) < 4.78 is 33.0. The summed E-state index contributed by atoms with van der Waals surface area (Å²) in [5.74, 6) is 0.506. The highest BCUT2D eigenvalue weighted by Crippen LogP contribution is 2.28. The van der Waals surface area contributed by atoms with Gasteiger partial charge in [-0.25, -0.2) is 0 Å². The van der Waals surface area contributed by atoms with Gasteiger partial charge in [0.05, 0.1) is 5.69 Å². The normalized spacial score (nSPS) is 20.2. The molecule has 3 nitrogen and oxygen atoms in total. The molecular weight excluding hydrogens is 391 g/mol. The minimum atomic E-state index is -3.85. The Morgan fingerprint density at radius 1 is 1.33 bits per heavy atom. The van der Waals surface area contributed by atoms with Crippen molar-refractivity contribution in [3.63, 3.8) is 0 Å². The van der Waals surface area contributed by atoms with Crippen LogP contribution < -0.4 is 0 Å². The third kappa shape index (κ3) is 5.53. The molecule has 24 heavy (non-hydrogen) atoms. The molecule has 1 atom stereocenters. The highest BCUT2D eigenvalue weighted by Gasteiger charge is 2.26. The average Bonchev–Trinajstić information content (AvgIpc) is 2.57. The van der Waals surface area contributed by atoms with Crippen LogP contribution in [-0.4, -0.2) is 21.6 Å². The fourth-order valence-electron chi connectivity index (χ4n) is 2.86. The number of benzene rings is 1. The lowest BCUT2D eigenvalue weighted by Gasteiger charge is -2.30. The molecule has 6 heteroatoms. The Bertz CT molecular complexity index is 713. The van der Waals surface area contributed by atoms with Crippen LogP contribution in [0.25, 0.3) is 0 Å². The van der Waals surface area contributed by atoms with Crippen LogP contribution in [-0.2, 0) is 10.3 Å². The van der Waals surface area contributed by atoms with Crippen LogP contribution >= 0.6 is 15.9 Å². The summed E-state index contributed by atoms with van der Waals surface area (Å²) in [6, 6.07) is 6.85. The zero-order valence-corrected chi connectivity index (χ0v) is 16.5. The second-order valence-electron chi connectivity index (χ2n) is 5.94. The fourth-order valence-corrected chi connectivity index (χ4v) is 4.28. The van der Waals surface area contributed by atoms with Crippen molar-refractivity contribution in [2.75, 3.05) is 13.1 Å². The molecule has 0 spiro atoms. The lowest BCUT2D eigenvalue weighted by molar-refractivity contribution is 0.274. The highest BCUT2D eigenvalue weighted by atomic mass is 79.9. The minimum Gasteiger partial charge on any atom is -0.199 e. The maximum Gasteiger partial charge on any atom is 0.275 e. The number of hydrogen-bond donors (Lipinski definition) is 0.